The normalized spacial score (nSPS) is 16.3. The van der Waals surface area contributed by atoms with Gasteiger partial charge in [-0.25, -0.2) is 0 Å². The highest BCUT2D eigenvalue weighted by Gasteiger charge is 2.27. The largest absolute Gasteiger partial charge is 0.368 e. The molecule has 1 aromatic heterocycles. The van der Waals surface area contributed by atoms with E-state index in [1.54, 1.807) is 11.3 Å². The maximum Gasteiger partial charge on any atom is 0.239 e. The van der Waals surface area contributed by atoms with Gasteiger partial charge in [0.2, 0.25) is 5.91 Å². The van der Waals surface area contributed by atoms with Crippen molar-refractivity contribution in [3.63, 3.8) is 0 Å². The molecule has 1 unspecified atom stereocenters. The number of rotatable bonds is 5. The van der Waals surface area contributed by atoms with Gasteiger partial charge in [-0.2, -0.15) is 0 Å². The topological polar surface area (TPSA) is 26.8 Å². The van der Waals surface area contributed by atoms with Gasteiger partial charge in [-0.15, -0.1) is 11.3 Å². The molecular weight excluding hydrogens is 330 g/mol. The number of amides is 1. The zero-order valence-electron chi connectivity index (χ0n) is 15.3. The first kappa shape index (κ1) is 18.0. The predicted molar refractivity (Wildman–Crippen MR) is 105 cm³/mol. The van der Waals surface area contributed by atoms with Gasteiger partial charge in [0.05, 0.1) is 6.04 Å². The number of anilines is 1. The van der Waals surface area contributed by atoms with Crippen molar-refractivity contribution >= 4 is 22.9 Å². The summed E-state index contributed by atoms with van der Waals surface area (Å²) in [5, 5.41) is 2.12. The molecule has 0 spiro atoms. The second-order valence-corrected chi connectivity index (χ2v) is 7.77. The highest BCUT2D eigenvalue weighted by molar-refractivity contribution is 7.10. The molecule has 0 saturated carbocycles. The number of para-hydroxylation sites is 1. The highest BCUT2D eigenvalue weighted by atomic mass is 32.1. The van der Waals surface area contributed by atoms with Crippen molar-refractivity contribution in [1.82, 2.24) is 9.80 Å². The Morgan fingerprint density at radius 1 is 1.16 bits per heavy atom. The molecule has 2 heterocycles. The first-order valence-electron chi connectivity index (χ1n) is 8.88. The summed E-state index contributed by atoms with van der Waals surface area (Å²) in [6.07, 6.45) is 0. The molecule has 1 aromatic carbocycles. The molecule has 1 atom stereocenters. The standard InChI is InChI=1S/C20H27N3OS/c1-16-9-14-25-19(16)15-21(3)17(2)20(24)23-12-10-22(11-13-23)18-7-5-4-6-8-18/h4-9,14,17H,10-13,15H2,1-3H3. The molecule has 0 N–H and O–H groups in total. The fraction of sp³-hybridized carbons (Fsp3) is 0.450. The van der Waals surface area contributed by atoms with Crippen molar-refractivity contribution in [2.45, 2.75) is 26.4 Å². The minimum absolute atomic E-state index is 0.0928. The number of piperazine rings is 1. The van der Waals surface area contributed by atoms with Crippen LogP contribution in [0.15, 0.2) is 41.8 Å². The molecule has 1 amide bonds. The van der Waals surface area contributed by atoms with Crippen molar-refractivity contribution in [2.75, 3.05) is 38.1 Å². The van der Waals surface area contributed by atoms with Crippen molar-refractivity contribution in [2.24, 2.45) is 0 Å². The van der Waals surface area contributed by atoms with E-state index in [9.17, 15) is 4.79 Å². The molecule has 1 fully saturated rings. The Kier molecular flexibility index (Phi) is 5.76. The molecule has 0 aliphatic carbocycles. The molecule has 1 aliphatic heterocycles. The third-order valence-electron chi connectivity index (χ3n) is 5.09. The van der Waals surface area contributed by atoms with E-state index >= 15 is 0 Å². The van der Waals surface area contributed by atoms with E-state index in [0.717, 1.165) is 32.7 Å². The lowest BCUT2D eigenvalue weighted by atomic mass is 10.2. The van der Waals surface area contributed by atoms with Crippen LogP contribution in [0.5, 0.6) is 0 Å². The molecule has 0 bridgehead atoms. The lowest BCUT2D eigenvalue weighted by molar-refractivity contribution is -0.136. The van der Waals surface area contributed by atoms with Crippen LogP contribution >= 0.6 is 11.3 Å². The Labute approximate surface area is 154 Å². The minimum atomic E-state index is -0.0928. The summed E-state index contributed by atoms with van der Waals surface area (Å²) in [6, 6.07) is 12.5. The molecule has 0 radical (unpaired) electrons. The van der Waals surface area contributed by atoms with Gasteiger partial charge in [0.15, 0.2) is 0 Å². The number of aryl methyl sites for hydroxylation is 1. The monoisotopic (exact) mass is 357 g/mol. The Balaban J connectivity index is 1.54. The zero-order chi connectivity index (χ0) is 17.8. The molecule has 1 saturated heterocycles. The molecular formula is C20H27N3OS. The Hall–Kier alpha value is -1.85. The average molecular weight is 358 g/mol. The lowest BCUT2D eigenvalue weighted by Gasteiger charge is -2.38. The number of hydrogen-bond donors (Lipinski definition) is 0. The van der Waals surface area contributed by atoms with E-state index in [1.807, 2.05) is 24.9 Å². The van der Waals surface area contributed by atoms with Gasteiger partial charge in [-0.3, -0.25) is 9.69 Å². The summed E-state index contributed by atoms with van der Waals surface area (Å²) >= 11 is 1.77. The highest BCUT2D eigenvalue weighted by Crippen LogP contribution is 2.20. The van der Waals surface area contributed by atoms with Crippen molar-refractivity contribution in [1.29, 1.82) is 0 Å². The molecule has 2 aromatic rings. The second kappa shape index (κ2) is 8.02. The van der Waals surface area contributed by atoms with Crippen LogP contribution in [0.2, 0.25) is 0 Å². The van der Waals surface area contributed by atoms with Crippen LogP contribution in [0.3, 0.4) is 0 Å². The maximum absolute atomic E-state index is 12.9. The molecule has 134 valence electrons. The van der Waals surface area contributed by atoms with Crippen molar-refractivity contribution < 1.29 is 4.79 Å². The lowest BCUT2D eigenvalue weighted by Crippen LogP contribution is -2.53. The molecule has 25 heavy (non-hydrogen) atoms. The maximum atomic E-state index is 12.9. The third kappa shape index (κ3) is 4.22. The number of benzene rings is 1. The van der Waals surface area contributed by atoms with Gasteiger partial charge in [0, 0.05) is 43.3 Å². The van der Waals surface area contributed by atoms with E-state index in [1.165, 1.54) is 16.1 Å². The Morgan fingerprint density at radius 2 is 1.84 bits per heavy atom. The molecule has 1 aliphatic rings. The van der Waals surface area contributed by atoms with Crippen LogP contribution in [-0.2, 0) is 11.3 Å². The van der Waals surface area contributed by atoms with Gasteiger partial charge in [0.1, 0.15) is 0 Å². The van der Waals surface area contributed by atoms with E-state index in [4.69, 9.17) is 0 Å². The van der Waals surface area contributed by atoms with Gasteiger partial charge in [0.25, 0.3) is 0 Å². The van der Waals surface area contributed by atoms with E-state index < -0.39 is 0 Å². The van der Waals surface area contributed by atoms with Gasteiger partial charge >= 0.3 is 0 Å². The summed E-state index contributed by atoms with van der Waals surface area (Å²) in [4.78, 5) is 20.7. The summed E-state index contributed by atoms with van der Waals surface area (Å²) in [5.74, 6) is 0.240. The van der Waals surface area contributed by atoms with Gasteiger partial charge in [-0.05, 0) is 50.0 Å². The van der Waals surface area contributed by atoms with Crippen molar-refractivity contribution in [3.8, 4) is 0 Å². The van der Waals surface area contributed by atoms with E-state index in [-0.39, 0.29) is 11.9 Å². The van der Waals surface area contributed by atoms with Crippen LogP contribution in [0.1, 0.15) is 17.4 Å². The van der Waals surface area contributed by atoms with Gasteiger partial charge in [-0.1, -0.05) is 18.2 Å². The fourth-order valence-electron chi connectivity index (χ4n) is 3.21. The number of thiophene rings is 1. The van der Waals surface area contributed by atoms with E-state index in [0.29, 0.717) is 0 Å². The Bertz CT molecular complexity index is 692. The first-order valence-corrected chi connectivity index (χ1v) is 9.76. The van der Waals surface area contributed by atoms with Crippen LogP contribution in [0.4, 0.5) is 5.69 Å². The van der Waals surface area contributed by atoms with E-state index in [2.05, 4.69) is 52.4 Å². The minimum Gasteiger partial charge on any atom is -0.368 e. The van der Waals surface area contributed by atoms with Crippen molar-refractivity contribution in [3.05, 3.63) is 52.2 Å². The summed E-state index contributed by atoms with van der Waals surface area (Å²) in [5.41, 5.74) is 2.56. The van der Waals surface area contributed by atoms with Crippen LogP contribution in [-0.4, -0.2) is 55.0 Å². The zero-order valence-corrected chi connectivity index (χ0v) is 16.1. The number of likely N-dealkylation sites (N-methyl/N-ethyl adjacent to an activating group) is 1. The fourth-order valence-corrected chi connectivity index (χ4v) is 4.17. The third-order valence-corrected chi connectivity index (χ3v) is 6.10. The summed E-state index contributed by atoms with van der Waals surface area (Å²) < 4.78 is 0. The Morgan fingerprint density at radius 3 is 2.44 bits per heavy atom. The quantitative estimate of drug-likeness (QED) is 0.822. The number of carbonyl (C=O) groups is 1. The smallest absolute Gasteiger partial charge is 0.239 e. The summed E-state index contributed by atoms with van der Waals surface area (Å²) in [7, 11) is 2.04. The van der Waals surface area contributed by atoms with Crippen LogP contribution in [0, 0.1) is 6.92 Å². The number of nitrogens with zero attached hydrogens (tertiary/aromatic N) is 3. The number of hydrogen-bond acceptors (Lipinski definition) is 4. The SMILES string of the molecule is Cc1ccsc1CN(C)C(C)C(=O)N1CCN(c2ccccc2)CC1. The number of carbonyl (C=O) groups excluding carboxylic acids is 1. The van der Waals surface area contributed by atoms with Crippen LogP contribution < -0.4 is 4.90 Å². The van der Waals surface area contributed by atoms with Crippen LogP contribution in [0.25, 0.3) is 0 Å². The summed E-state index contributed by atoms with van der Waals surface area (Å²) in [6.45, 7) is 8.38. The molecule has 3 rings (SSSR count). The molecule has 5 heteroatoms. The second-order valence-electron chi connectivity index (χ2n) is 6.77. The average Bonchev–Trinajstić information content (AvgIpc) is 3.06. The van der Waals surface area contributed by atoms with Gasteiger partial charge < -0.3 is 9.80 Å². The first-order chi connectivity index (χ1) is 12.1. The predicted octanol–water partition coefficient (Wildman–Crippen LogP) is 3.23. The molecule has 4 nitrogen and oxygen atoms in total.